The van der Waals surface area contributed by atoms with Crippen LogP contribution in [0.25, 0.3) is 0 Å². The van der Waals surface area contributed by atoms with E-state index in [1.54, 1.807) is 0 Å². The molecule has 0 bridgehead atoms. The molecule has 5 nitrogen and oxygen atoms in total. The van der Waals surface area contributed by atoms with Crippen LogP contribution in [0.15, 0.2) is 18.2 Å². The zero-order valence-corrected chi connectivity index (χ0v) is 11.0. The van der Waals surface area contributed by atoms with Crippen LogP contribution >= 0.6 is 0 Å². The maximum absolute atomic E-state index is 10.8. The van der Waals surface area contributed by atoms with Crippen molar-refractivity contribution in [2.45, 2.75) is 13.3 Å². The van der Waals surface area contributed by atoms with Crippen molar-refractivity contribution >= 4 is 21.4 Å². The van der Waals surface area contributed by atoms with E-state index in [1.165, 1.54) is 0 Å². The second-order valence-corrected chi connectivity index (χ2v) is 5.80. The average molecular weight is 257 g/mol. The number of hydrogen-bond donors (Lipinski definition) is 3. The summed E-state index contributed by atoms with van der Waals surface area (Å²) in [5.74, 6) is 0. The summed E-state index contributed by atoms with van der Waals surface area (Å²) >= 11 is 0. The van der Waals surface area contributed by atoms with E-state index in [-0.39, 0.29) is 0 Å². The third-order valence-electron chi connectivity index (χ3n) is 2.41. The number of rotatable bonds is 6. The lowest BCUT2D eigenvalue weighted by Crippen LogP contribution is -2.24. The van der Waals surface area contributed by atoms with Crippen molar-refractivity contribution in [2.24, 2.45) is 0 Å². The molecule has 0 fully saturated rings. The van der Waals surface area contributed by atoms with E-state index >= 15 is 0 Å². The highest BCUT2D eigenvalue weighted by Crippen LogP contribution is 2.19. The second-order valence-electron chi connectivity index (χ2n) is 3.97. The van der Waals surface area contributed by atoms with Gasteiger partial charge in [-0.3, -0.25) is 0 Å². The quantitative estimate of drug-likeness (QED) is 0.523. The Morgan fingerprint density at radius 2 is 2.00 bits per heavy atom. The minimum Gasteiger partial charge on any atom is -0.398 e. The Bertz CT molecular complexity index is 472. The Morgan fingerprint density at radius 1 is 1.29 bits per heavy atom. The fraction of sp³-hybridized carbons (Fsp3) is 0.455. The molecular formula is C11H19N3O2S. The number of nitrogens with one attached hydrogen (secondary N) is 2. The van der Waals surface area contributed by atoms with Crippen molar-refractivity contribution in [3.63, 3.8) is 0 Å². The standard InChI is InChI=1S/C11H19N3O2S/c1-9-10(12)5-3-6-11(9)13-7-4-8-14-17(2,15)16/h3,5-6,13-14H,4,7-8,12H2,1-2H3. The fourth-order valence-corrected chi connectivity index (χ4v) is 1.93. The van der Waals surface area contributed by atoms with Crippen LogP contribution in [-0.4, -0.2) is 27.8 Å². The van der Waals surface area contributed by atoms with E-state index in [2.05, 4.69) is 10.0 Å². The molecule has 0 unspecified atom stereocenters. The van der Waals surface area contributed by atoms with Crippen LogP contribution in [0.4, 0.5) is 11.4 Å². The third kappa shape index (κ3) is 5.06. The normalized spacial score (nSPS) is 11.4. The maximum atomic E-state index is 10.8. The predicted molar refractivity (Wildman–Crippen MR) is 71.5 cm³/mol. The summed E-state index contributed by atoms with van der Waals surface area (Å²) in [6.45, 7) is 3.09. The predicted octanol–water partition coefficient (Wildman–Crippen LogP) is 0.928. The molecule has 4 N–H and O–H groups in total. The van der Waals surface area contributed by atoms with Crippen LogP contribution in [-0.2, 0) is 10.0 Å². The largest absolute Gasteiger partial charge is 0.398 e. The highest BCUT2D eigenvalue weighted by Gasteiger charge is 2.01. The molecule has 0 aliphatic heterocycles. The van der Waals surface area contributed by atoms with Gasteiger partial charge in [-0.15, -0.1) is 0 Å². The van der Waals surface area contributed by atoms with Crippen molar-refractivity contribution in [1.29, 1.82) is 0 Å². The highest BCUT2D eigenvalue weighted by atomic mass is 32.2. The maximum Gasteiger partial charge on any atom is 0.208 e. The van der Waals surface area contributed by atoms with Gasteiger partial charge in [-0.25, -0.2) is 13.1 Å². The Hall–Kier alpha value is -1.27. The van der Waals surface area contributed by atoms with E-state index in [1.807, 2.05) is 25.1 Å². The number of nitrogen functional groups attached to an aromatic ring is 1. The van der Waals surface area contributed by atoms with Crippen molar-refractivity contribution in [3.8, 4) is 0 Å². The van der Waals surface area contributed by atoms with Gasteiger partial charge < -0.3 is 11.1 Å². The monoisotopic (exact) mass is 257 g/mol. The molecule has 0 spiro atoms. The summed E-state index contributed by atoms with van der Waals surface area (Å²) in [4.78, 5) is 0. The van der Waals surface area contributed by atoms with Crippen LogP contribution in [0.3, 0.4) is 0 Å². The molecule has 96 valence electrons. The van der Waals surface area contributed by atoms with Crippen LogP contribution in [0, 0.1) is 6.92 Å². The number of anilines is 2. The molecule has 0 amide bonds. The molecule has 6 heteroatoms. The van der Waals surface area contributed by atoms with Crippen molar-refractivity contribution in [1.82, 2.24) is 4.72 Å². The van der Waals surface area contributed by atoms with Crippen LogP contribution in [0.1, 0.15) is 12.0 Å². The number of nitrogens with two attached hydrogens (primary N) is 1. The molecule has 0 aliphatic carbocycles. The molecule has 0 saturated carbocycles. The SMILES string of the molecule is Cc1c(N)cccc1NCCCNS(C)(=O)=O. The molecule has 0 atom stereocenters. The topological polar surface area (TPSA) is 84.2 Å². The van der Waals surface area contributed by atoms with Crippen molar-refractivity contribution in [2.75, 3.05) is 30.4 Å². The molecule has 0 aliphatic rings. The van der Waals surface area contributed by atoms with E-state index in [0.29, 0.717) is 13.1 Å². The summed E-state index contributed by atoms with van der Waals surface area (Å²) in [6.07, 6.45) is 1.88. The third-order valence-corrected chi connectivity index (χ3v) is 3.14. The van der Waals surface area contributed by atoms with Gasteiger partial charge in [-0.2, -0.15) is 0 Å². The minimum atomic E-state index is -3.08. The summed E-state index contributed by atoms with van der Waals surface area (Å²) in [5, 5.41) is 3.23. The molecule has 0 heterocycles. The first-order chi connectivity index (χ1) is 7.90. The summed E-state index contributed by atoms with van der Waals surface area (Å²) < 4.78 is 24.1. The second kappa shape index (κ2) is 5.88. The van der Waals surface area contributed by atoms with Gasteiger partial charge in [0.1, 0.15) is 0 Å². The molecule has 1 aromatic rings. The molecule has 1 rings (SSSR count). The highest BCUT2D eigenvalue weighted by molar-refractivity contribution is 7.88. The molecule has 0 aromatic heterocycles. The molecule has 1 aromatic carbocycles. The van der Waals surface area contributed by atoms with Gasteiger partial charge in [0.25, 0.3) is 0 Å². The lowest BCUT2D eigenvalue weighted by atomic mass is 10.1. The van der Waals surface area contributed by atoms with E-state index in [0.717, 1.165) is 29.6 Å². The first-order valence-corrected chi connectivity index (χ1v) is 7.33. The van der Waals surface area contributed by atoms with Gasteiger partial charge in [0, 0.05) is 24.5 Å². The van der Waals surface area contributed by atoms with Gasteiger partial charge in [-0.1, -0.05) is 6.07 Å². The zero-order valence-electron chi connectivity index (χ0n) is 10.2. The fourth-order valence-electron chi connectivity index (χ4n) is 1.41. The van der Waals surface area contributed by atoms with Crippen LogP contribution < -0.4 is 15.8 Å². The summed E-state index contributed by atoms with van der Waals surface area (Å²) in [6, 6.07) is 5.70. The Balaban J connectivity index is 2.34. The zero-order chi connectivity index (χ0) is 12.9. The van der Waals surface area contributed by atoms with Gasteiger partial charge in [0.2, 0.25) is 10.0 Å². The lowest BCUT2D eigenvalue weighted by molar-refractivity contribution is 0.586. The lowest BCUT2D eigenvalue weighted by Gasteiger charge is -2.11. The van der Waals surface area contributed by atoms with E-state index in [4.69, 9.17) is 5.73 Å². The first kappa shape index (κ1) is 13.8. The smallest absolute Gasteiger partial charge is 0.208 e. The average Bonchev–Trinajstić information content (AvgIpc) is 2.22. The molecular weight excluding hydrogens is 238 g/mol. The number of hydrogen-bond acceptors (Lipinski definition) is 4. The molecule has 0 radical (unpaired) electrons. The summed E-state index contributed by atoms with van der Waals surface area (Å²) in [5.41, 5.74) is 8.54. The van der Waals surface area contributed by atoms with Crippen LogP contribution in [0.5, 0.6) is 0 Å². The van der Waals surface area contributed by atoms with Crippen molar-refractivity contribution in [3.05, 3.63) is 23.8 Å². The first-order valence-electron chi connectivity index (χ1n) is 5.44. The Morgan fingerprint density at radius 3 is 2.65 bits per heavy atom. The Kier molecular flexibility index (Phi) is 4.77. The van der Waals surface area contributed by atoms with Crippen LogP contribution in [0.2, 0.25) is 0 Å². The molecule has 17 heavy (non-hydrogen) atoms. The molecule has 0 saturated heterocycles. The summed E-state index contributed by atoms with van der Waals surface area (Å²) in [7, 11) is -3.08. The van der Waals surface area contributed by atoms with E-state index < -0.39 is 10.0 Å². The van der Waals surface area contributed by atoms with Gasteiger partial charge >= 0.3 is 0 Å². The number of sulfonamides is 1. The minimum absolute atomic E-state index is 0.438. The van der Waals surface area contributed by atoms with Gasteiger partial charge in [-0.05, 0) is 31.0 Å². The Labute approximate surface area is 102 Å². The van der Waals surface area contributed by atoms with Crippen molar-refractivity contribution < 1.29 is 8.42 Å². The number of benzene rings is 1. The van der Waals surface area contributed by atoms with Gasteiger partial charge in [0.05, 0.1) is 6.26 Å². The van der Waals surface area contributed by atoms with E-state index in [9.17, 15) is 8.42 Å². The van der Waals surface area contributed by atoms with Gasteiger partial charge in [0.15, 0.2) is 0 Å².